The van der Waals surface area contributed by atoms with Gasteiger partial charge in [-0.25, -0.2) is 0 Å². The van der Waals surface area contributed by atoms with Crippen LogP contribution in [-0.4, -0.2) is 64.2 Å². The van der Waals surface area contributed by atoms with E-state index in [2.05, 4.69) is 41.5 Å². The van der Waals surface area contributed by atoms with E-state index in [1.807, 2.05) is 26.2 Å². The molecule has 1 heterocycles. The monoisotopic (exact) mass is 471 g/mol. The van der Waals surface area contributed by atoms with Crippen LogP contribution in [0.4, 0.5) is 0 Å². The number of hydrogen-bond donors (Lipinski definition) is 0. The second-order valence-corrected chi connectivity index (χ2v) is 21.1. The fourth-order valence-electron chi connectivity index (χ4n) is 3.19. The highest BCUT2D eigenvalue weighted by Gasteiger charge is 2.52. The molecule has 31 heavy (non-hydrogen) atoms. The molecule has 1 fully saturated rings. The van der Waals surface area contributed by atoms with Crippen LogP contribution in [-0.2, 0) is 28.0 Å². The Hall–Kier alpha value is -1.17. The number of carbonyl (C=O) groups is 4. The molecule has 0 spiro atoms. The van der Waals surface area contributed by atoms with Crippen molar-refractivity contribution < 1.29 is 28.0 Å². The number of nitrogens with zero attached hydrogens (tertiary/aromatic N) is 1. The van der Waals surface area contributed by atoms with Crippen LogP contribution in [0.5, 0.6) is 0 Å². The molecule has 1 aliphatic rings. The maximum atomic E-state index is 13.2. The first-order valence-electron chi connectivity index (χ1n) is 10.9. The molecule has 0 N–H and O–H groups in total. The normalized spacial score (nSPS) is 22.9. The first-order chi connectivity index (χ1) is 13.8. The summed E-state index contributed by atoms with van der Waals surface area (Å²) < 4.78 is 12.5. The molecule has 7 nitrogen and oxygen atoms in total. The number of imide groups is 1. The molecule has 9 heteroatoms. The predicted molar refractivity (Wildman–Crippen MR) is 126 cm³/mol. The summed E-state index contributed by atoms with van der Waals surface area (Å²) in [5.74, 6) is -1.75. The predicted octanol–water partition coefficient (Wildman–Crippen LogP) is 3.93. The van der Waals surface area contributed by atoms with Crippen molar-refractivity contribution in [1.29, 1.82) is 0 Å². The van der Waals surface area contributed by atoms with E-state index >= 15 is 0 Å². The SMILES string of the molecule is CC(=O)N1C(=O)[C@@H]([C@@H](C=O)O[Si](C)(C)C(C)(C)C)C[C@H]1[C@H](C=O)O[Si](C)(C)C(C)(C)C. The summed E-state index contributed by atoms with van der Waals surface area (Å²) in [4.78, 5) is 50.7. The van der Waals surface area contributed by atoms with Gasteiger partial charge < -0.3 is 18.4 Å². The average Bonchev–Trinajstić information content (AvgIpc) is 2.92. The lowest BCUT2D eigenvalue weighted by Gasteiger charge is -2.40. The molecule has 0 bridgehead atoms. The molecule has 0 aromatic carbocycles. The molecule has 0 unspecified atom stereocenters. The molecule has 0 radical (unpaired) electrons. The number of carbonyl (C=O) groups excluding carboxylic acids is 4. The second-order valence-electron chi connectivity index (χ2n) is 11.6. The molecule has 178 valence electrons. The van der Waals surface area contributed by atoms with E-state index in [1.54, 1.807) is 0 Å². The average molecular weight is 472 g/mol. The third kappa shape index (κ3) is 6.00. The number of hydrogen-bond acceptors (Lipinski definition) is 6. The molecule has 2 amide bonds. The standard InChI is InChI=1S/C22H41NO6Si2/c1-15(26)23-17(19(14-25)29-31(10,11)22(5,6)7)12-16(20(23)27)18(13-24)28-30(8,9)21(2,3)4/h13-14,16-19H,12H2,1-11H3/t16-,17+,18-,19+/m1/s1. The van der Waals surface area contributed by atoms with Crippen molar-refractivity contribution in [1.82, 2.24) is 4.90 Å². The maximum absolute atomic E-state index is 13.2. The fourth-order valence-corrected chi connectivity index (χ4v) is 5.69. The quantitative estimate of drug-likeness (QED) is 0.393. The summed E-state index contributed by atoms with van der Waals surface area (Å²) in [6, 6.07) is -0.743. The Morgan fingerprint density at radius 2 is 1.32 bits per heavy atom. The molecule has 0 aromatic heterocycles. The Balaban J connectivity index is 3.27. The minimum atomic E-state index is -2.34. The van der Waals surface area contributed by atoms with Gasteiger partial charge in [-0.05, 0) is 42.7 Å². The Bertz CT molecular complexity index is 708. The van der Waals surface area contributed by atoms with Crippen LogP contribution in [0.15, 0.2) is 0 Å². The lowest BCUT2D eigenvalue weighted by Crippen LogP contribution is -2.52. The fraction of sp³-hybridized carbons (Fsp3) is 0.818. The smallest absolute Gasteiger partial charge is 0.235 e. The summed E-state index contributed by atoms with van der Waals surface area (Å²) in [7, 11) is -4.67. The largest absolute Gasteiger partial charge is 0.406 e. The van der Waals surface area contributed by atoms with Gasteiger partial charge in [0.05, 0.1) is 12.0 Å². The highest BCUT2D eigenvalue weighted by Crippen LogP contribution is 2.41. The highest BCUT2D eigenvalue weighted by molar-refractivity contribution is 6.74. The minimum Gasteiger partial charge on any atom is -0.406 e. The minimum absolute atomic E-state index is 0.145. The number of likely N-dealkylation sites (tertiary alicyclic amines) is 1. The summed E-state index contributed by atoms with van der Waals surface area (Å²) in [5, 5.41) is -0.291. The van der Waals surface area contributed by atoms with Gasteiger partial charge >= 0.3 is 0 Å². The molecule has 0 saturated carbocycles. The van der Waals surface area contributed by atoms with E-state index in [-0.39, 0.29) is 16.5 Å². The van der Waals surface area contributed by atoms with Gasteiger partial charge in [0, 0.05) is 6.92 Å². The highest BCUT2D eigenvalue weighted by atomic mass is 28.4. The Kier molecular flexibility index (Phi) is 8.42. The number of aldehydes is 2. The maximum Gasteiger partial charge on any atom is 0.235 e. The zero-order valence-corrected chi connectivity index (χ0v) is 23.1. The molecule has 1 aliphatic heterocycles. The van der Waals surface area contributed by atoms with Crippen LogP contribution in [0.2, 0.25) is 36.3 Å². The van der Waals surface area contributed by atoms with Crippen molar-refractivity contribution in [2.24, 2.45) is 5.92 Å². The first kappa shape index (κ1) is 27.9. The summed E-state index contributed by atoms with van der Waals surface area (Å²) in [6.45, 7) is 21.7. The summed E-state index contributed by atoms with van der Waals surface area (Å²) >= 11 is 0. The number of amides is 2. The molecule has 0 aromatic rings. The lowest BCUT2D eigenvalue weighted by molar-refractivity contribution is -0.147. The lowest BCUT2D eigenvalue weighted by atomic mass is 9.97. The Labute approximate surface area is 189 Å². The third-order valence-corrected chi connectivity index (χ3v) is 16.2. The van der Waals surface area contributed by atoms with Crippen molar-refractivity contribution in [3.8, 4) is 0 Å². The van der Waals surface area contributed by atoms with Gasteiger partial charge in [0.1, 0.15) is 24.8 Å². The van der Waals surface area contributed by atoms with Crippen molar-refractivity contribution in [3.63, 3.8) is 0 Å². The Morgan fingerprint density at radius 1 is 0.935 bits per heavy atom. The zero-order valence-electron chi connectivity index (χ0n) is 21.1. The molecule has 0 aliphatic carbocycles. The van der Waals surface area contributed by atoms with Gasteiger partial charge in [0.25, 0.3) is 0 Å². The van der Waals surface area contributed by atoms with Crippen molar-refractivity contribution in [3.05, 3.63) is 0 Å². The summed E-state index contributed by atoms with van der Waals surface area (Å²) in [5.41, 5.74) is 0. The Morgan fingerprint density at radius 3 is 1.65 bits per heavy atom. The van der Waals surface area contributed by atoms with Crippen molar-refractivity contribution in [2.75, 3.05) is 0 Å². The van der Waals surface area contributed by atoms with Gasteiger partial charge in [-0.2, -0.15) is 0 Å². The van der Waals surface area contributed by atoms with Gasteiger partial charge in [0.15, 0.2) is 16.6 Å². The zero-order chi connectivity index (χ0) is 24.6. The van der Waals surface area contributed by atoms with Crippen molar-refractivity contribution in [2.45, 2.75) is 109 Å². The molecule has 4 atom stereocenters. The molecular formula is C22H41NO6Si2. The van der Waals surface area contributed by atoms with E-state index in [0.29, 0.717) is 12.6 Å². The first-order valence-corrected chi connectivity index (χ1v) is 16.7. The number of rotatable bonds is 8. The van der Waals surface area contributed by atoms with Gasteiger partial charge in [-0.3, -0.25) is 14.5 Å². The summed E-state index contributed by atoms with van der Waals surface area (Å²) in [6.07, 6.45) is -0.385. The topological polar surface area (TPSA) is 90.0 Å². The third-order valence-electron chi connectivity index (χ3n) is 7.24. The second kappa shape index (κ2) is 9.37. The van der Waals surface area contributed by atoms with E-state index in [9.17, 15) is 19.2 Å². The van der Waals surface area contributed by atoms with Crippen LogP contribution in [0.1, 0.15) is 54.9 Å². The van der Waals surface area contributed by atoms with Crippen LogP contribution in [0, 0.1) is 5.92 Å². The van der Waals surface area contributed by atoms with E-state index in [0.717, 1.165) is 4.90 Å². The van der Waals surface area contributed by atoms with Gasteiger partial charge in [-0.15, -0.1) is 0 Å². The van der Waals surface area contributed by atoms with E-state index < -0.39 is 52.6 Å². The molecule has 1 saturated heterocycles. The van der Waals surface area contributed by atoms with Crippen LogP contribution in [0.25, 0.3) is 0 Å². The van der Waals surface area contributed by atoms with E-state index in [1.165, 1.54) is 6.92 Å². The van der Waals surface area contributed by atoms with E-state index in [4.69, 9.17) is 8.85 Å². The molecular weight excluding hydrogens is 430 g/mol. The van der Waals surface area contributed by atoms with Crippen molar-refractivity contribution >= 4 is 41.0 Å². The van der Waals surface area contributed by atoms with Gasteiger partial charge in [0.2, 0.25) is 11.8 Å². The molecule has 1 rings (SSSR count). The van der Waals surface area contributed by atoms with Crippen LogP contribution < -0.4 is 0 Å². The van der Waals surface area contributed by atoms with Gasteiger partial charge in [-0.1, -0.05) is 41.5 Å². The van der Waals surface area contributed by atoms with Crippen LogP contribution >= 0.6 is 0 Å². The van der Waals surface area contributed by atoms with Crippen LogP contribution in [0.3, 0.4) is 0 Å².